The number of thiophene rings is 1. The van der Waals surface area contributed by atoms with Crippen LogP contribution in [0.1, 0.15) is 40.9 Å². The first-order valence-corrected chi connectivity index (χ1v) is 11.0. The summed E-state index contributed by atoms with van der Waals surface area (Å²) in [7, 11) is 0. The number of halogens is 1. The highest BCUT2D eigenvalue weighted by Crippen LogP contribution is 2.26. The smallest absolute Gasteiger partial charge is 0.253 e. The van der Waals surface area contributed by atoms with Crippen LogP contribution in [0.15, 0.2) is 35.7 Å². The summed E-state index contributed by atoms with van der Waals surface area (Å²) in [5.41, 5.74) is 0.908. The molecule has 8 heteroatoms. The van der Waals surface area contributed by atoms with Crippen LogP contribution in [0, 0.1) is 0 Å². The van der Waals surface area contributed by atoms with E-state index in [0.717, 1.165) is 24.1 Å². The van der Waals surface area contributed by atoms with Gasteiger partial charge >= 0.3 is 0 Å². The van der Waals surface area contributed by atoms with Gasteiger partial charge in [-0.05, 0) is 55.3 Å². The van der Waals surface area contributed by atoms with Gasteiger partial charge in [0, 0.05) is 23.2 Å². The van der Waals surface area contributed by atoms with Gasteiger partial charge < -0.3 is 15.5 Å². The molecule has 0 radical (unpaired) electrons. The lowest BCUT2D eigenvalue weighted by Gasteiger charge is -2.24. The van der Waals surface area contributed by atoms with Crippen molar-refractivity contribution in [3.8, 4) is 0 Å². The normalized spacial score (nSPS) is 18.5. The van der Waals surface area contributed by atoms with E-state index < -0.39 is 6.04 Å². The molecule has 1 unspecified atom stereocenters. The molecule has 1 aliphatic carbocycles. The second kappa shape index (κ2) is 8.55. The van der Waals surface area contributed by atoms with E-state index in [1.54, 1.807) is 23.1 Å². The minimum atomic E-state index is -0.487. The highest BCUT2D eigenvalue weighted by Gasteiger charge is 2.34. The Bertz CT molecular complexity index is 927. The summed E-state index contributed by atoms with van der Waals surface area (Å²) in [5, 5.41) is 7.97. The maximum Gasteiger partial charge on any atom is 0.253 e. The lowest BCUT2D eigenvalue weighted by Crippen LogP contribution is -2.43. The van der Waals surface area contributed by atoms with Gasteiger partial charge in [-0.15, -0.1) is 11.3 Å². The topological polar surface area (TPSA) is 78.5 Å². The molecule has 2 aliphatic rings. The minimum Gasteiger partial charge on any atom is -0.349 e. The zero-order chi connectivity index (χ0) is 20.4. The quantitative estimate of drug-likeness (QED) is 0.735. The van der Waals surface area contributed by atoms with Crippen LogP contribution in [-0.4, -0.2) is 41.2 Å². The zero-order valence-electron chi connectivity index (χ0n) is 15.8. The molecule has 29 heavy (non-hydrogen) atoms. The number of nitrogens with zero attached hydrogens (tertiary/aromatic N) is 1. The maximum absolute atomic E-state index is 12.8. The Balaban J connectivity index is 1.39. The third-order valence-electron chi connectivity index (χ3n) is 5.18. The molecule has 2 fully saturated rings. The highest BCUT2D eigenvalue weighted by atomic mass is 35.5. The van der Waals surface area contributed by atoms with Gasteiger partial charge in [-0.2, -0.15) is 0 Å². The fraction of sp³-hybridized carbons (Fsp3) is 0.381. The Morgan fingerprint density at radius 1 is 1.17 bits per heavy atom. The number of benzene rings is 1. The molecule has 4 rings (SSSR count). The third kappa shape index (κ3) is 4.79. The summed E-state index contributed by atoms with van der Waals surface area (Å²) >= 11 is 7.79. The Hall–Kier alpha value is -2.38. The van der Waals surface area contributed by atoms with Gasteiger partial charge in [0.1, 0.15) is 6.04 Å². The van der Waals surface area contributed by atoms with Crippen molar-refractivity contribution < 1.29 is 14.4 Å². The molecular formula is C21H22ClN3O3S. The number of carbonyl (C=O) groups is 3. The summed E-state index contributed by atoms with van der Waals surface area (Å²) in [6, 6.07) is 8.46. The van der Waals surface area contributed by atoms with Crippen molar-refractivity contribution in [1.82, 2.24) is 10.2 Å². The molecule has 0 spiro atoms. The first-order valence-electron chi connectivity index (χ1n) is 9.74. The van der Waals surface area contributed by atoms with E-state index in [1.807, 2.05) is 17.5 Å². The summed E-state index contributed by atoms with van der Waals surface area (Å²) in [4.78, 5) is 40.3. The van der Waals surface area contributed by atoms with E-state index >= 15 is 0 Å². The number of amides is 3. The molecule has 6 nitrogen and oxygen atoms in total. The summed E-state index contributed by atoms with van der Waals surface area (Å²) in [6.45, 7) is 0.587. The standard InChI is InChI=1S/C21H22ClN3O3S/c22-17-11-14(7-8-16(17)20(27)23-13-5-6-13)24-21(28)18-4-1-9-25(18)19(26)12-15-3-2-10-29-15/h2-3,7-8,10-11,13,18H,1,4-6,9,12H2,(H,23,27)(H,24,28). The Morgan fingerprint density at radius 2 is 2.00 bits per heavy atom. The molecule has 1 atom stereocenters. The van der Waals surface area contributed by atoms with Gasteiger partial charge in [0.15, 0.2) is 0 Å². The molecule has 3 amide bonds. The fourth-order valence-electron chi connectivity index (χ4n) is 3.49. The molecule has 2 aromatic rings. The van der Waals surface area contributed by atoms with Gasteiger partial charge in [0.05, 0.1) is 17.0 Å². The molecule has 1 saturated carbocycles. The monoisotopic (exact) mass is 431 g/mol. The average Bonchev–Trinajstić information content (AvgIpc) is 3.16. The van der Waals surface area contributed by atoms with Crippen LogP contribution < -0.4 is 10.6 Å². The minimum absolute atomic E-state index is 0.0322. The lowest BCUT2D eigenvalue weighted by molar-refractivity contribution is -0.136. The van der Waals surface area contributed by atoms with E-state index in [9.17, 15) is 14.4 Å². The molecule has 1 aromatic heterocycles. The van der Waals surface area contributed by atoms with E-state index in [0.29, 0.717) is 30.6 Å². The zero-order valence-corrected chi connectivity index (χ0v) is 17.4. The van der Waals surface area contributed by atoms with Crippen molar-refractivity contribution in [2.75, 3.05) is 11.9 Å². The second-order valence-corrected chi connectivity index (χ2v) is 8.87. The second-order valence-electron chi connectivity index (χ2n) is 7.43. The van der Waals surface area contributed by atoms with Crippen LogP contribution in [-0.2, 0) is 16.0 Å². The summed E-state index contributed by atoms with van der Waals surface area (Å²) < 4.78 is 0. The van der Waals surface area contributed by atoms with Crippen LogP contribution in [0.3, 0.4) is 0 Å². The van der Waals surface area contributed by atoms with Crippen molar-refractivity contribution in [3.05, 3.63) is 51.2 Å². The van der Waals surface area contributed by atoms with Crippen LogP contribution in [0.2, 0.25) is 5.02 Å². The third-order valence-corrected chi connectivity index (χ3v) is 6.36. The first-order chi connectivity index (χ1) is 14.0. The molecule has 152 valence electrons. The van der Waals surface area contributed by atoms with Crippen LogP contribution in [0.25, 0.3) is 0 Å². The van der Waals surface area contributed by atoms with Gasteiger partial charge in [0.2, 0.25) is 11.8 Å². The van der Waals surface area contributed by atoms with E-state index in [2.05, 4.69) is 10.6 Å². The summed E-state index contributed by atoms with van der Waals surface area (Å²) in [5.74, 6) is -0.458. The van der Waals surface area contributed by atoms with Crippen LogP contribution >= 0.6 is 22.9 Å². The van der Waals surface area contributed by atoms with E-state index in [4.69, 9.17) is 11.6 Å². The Labute approximate surface area is 178 Å². The highest BCUT2D eigenvalue weighted by molar-refractivity contribution is 7.10. The molecule has 1 saturated heterocycles. The average molecular weight is 432 g/mol. The molecule has 1 aromatic carbocycles. The SMILES string of the molecule is O=C(NC1CC1)c1ccc(NC(=O)C2CCCN2C(=O)Cc2cccs2)cc1Cl. The summed E-state index contributed by atoms with van der Waals surface area (Å²) in [6.07, 6.45) is 3.76. The first kappa shape index (κ1) is 19.9. The number of carbonyl (C=O) groups excluding carboxylic acids is 3. The van der Waals surface area contributed by atoms with E-state index in [-0.39, 0.29) is 28.8 Å². The predicted octanol–water partition coefficient (Wildman–Crippen LogP) is 3.47. The molecule has 0 bridgehead atoms. The molecule has 1 aliphatic heterocycles. The van der Waals surface area contributed by atoms with Gasteiger partial charge in [-0.25, -0.2) is 0 Å². The van der Waals surface area contributed by atoms with Crippen molar-refractivity contribution in [1.29, 1.82) is 0 Å². The predicted molar refractivity (Wildman–Crippen MR) is 113 cm³/mol. The van der Waals surface area contributed by atoms with Crippen molar-refractivity contribution in [2.24, 2.45) is 0 Å². The number of hydrogen-bond acceptors (Lipinski definition) is 4. The van der Waals surface area contributed by atoms with Gasteiger partial charge in [-0.3, -0.25) is 14.4 Å². The largest absolute Gasteiger partial charge is 0.349 e. The number of nitrogens with one attached hydrogen (secondary N) is 2. The van der Waals surface area contributed by atoms with Gasteiger partial charge in [0.25, 0.3) is 5.91 Å². The van der Waals surface area contributed by atoms with E-state index in [1.165, 1.54) is 11.3 Å². The van der Waals surface area contributed by atoms with Crippen molar-refractivity contribution in [2.45, 2.75) is 44.2 Å². The number of likely N-dealkylation sites (tertiary alicyclic amines) is 1. The van der Waals surface area contributed by atoms with Crippen LogP contribution in [0.4, 0.5) is 5.69 Å². The van der Waals surface area contributed by atoms with Crippen molar-refractivity contribution >= 4 is 46.3 Å². The number of rotatable bonds is 6. The van der Waals surface area contributed by atoms with Crippen LogP contribution in [0.5, 0.6) is 0 Å². The lowest BCUT2D eigenvalue weighted by atomic mass is 10.1. The number of hydrogen-bond donors (Lipinski definition) is 2. The van der Waals surface area contributed by atoms with Gasteiger partial charge in [-0.1, -0.05) is 17.7 Å². The molecule has 2 heterocycles. The van der Waals surface area contributed by atoms with Crippen molar-refractivity contribution in [3.63, 3.8) is 0 Å². The molecule has 2 N–H and O–H groups in total. The Morgan fingerprint density at radius 3 is 2.69 bits per heavy atom. The maximum atomic E-state index is 12.8. The number of anilines is 1. The Kier molecular flexibility index (Phi) is 5.87. The molecular weight excluding hydrogens is 410 g/mol. The fourth-order valence-corrected chi connectivity index (χ4v) is 4.46.